The molecule has 0 saturated heterocycles. The molecule has 0 fully saturated rings. The van der Waals surface area contributed by atoms with E-state index in [1.54, 1.807) is 30.3 Å². The highest BCUT2D eigenvalue weighted by Gasteiger charge is 2.49. The summed E-state index contributed by atoms with van der Waals surface area (Å²) in [4.78, 5) is 12.9. The Bertz CT molecular complexity index is 787. The first kappa shape index (κ1) is 16.2. The van der Waals surface area contributed by atoms with Crippen LogP contribution < -0.4 is 4.90 Å². The van der Waals surface area contributed by atoms with Crippen molar-refractivity contribution in [3.8, 4) is 0 Å². The molecule has 0 spiro atoms. The van der Waals surface area contributed by atoms with Crippen molar-refractivity contribution >= 4 is 39.3 Å². The number of benzene rings is 2. The molecule has 0 radical (unpaired) electrons. The van der Waals surface area contributed by atoms with Gasteiger partial charge in [0.05, 0.1) is 17.3 Å². The van der Waals surface area contributed by atoms with E-state index in [4.69, 9.17) is 11.6 Å². The van der Waals surface area contributed by atoms with Crippen molar-refractivity contribution in [1.82, 2.24) is 0 Å². The molecule has 1 aliphatic rings. The van der Waals surface area contributed by atoms with Gasteiger partial charge in [-0.25, -0.2) is 9.18 Å². The third-order valence-electron chi connectivity index (χ3n) is 4.14. The lowest BCUT2D eigenvalue weighted by molar-refractivity contribution is 0.164. The number of aliphatic hydroxyl groups excluding tert-OH is 1. The number of amides is 1. The number of halogens is 3. The monoisotopic (exact) mass is 399 g/mol. The standard InChI is InChI=1S/C16H12BrClFNO3/c17-13-10-7-16(8-21,9-4-2-1-3-5-9)20(15(22)23)12(10)6-11(19)14(13)18/h1-6,21H,7-8H2,(H,22,23)/t16-/m1/s1. The Morgan fingerprint density at radius 1 is 1.39 bits per heavy atom. The van der Waals surface area contributed by atoms with Crippen molar-refractivity contribution < 1.29 is 19.4 Å². The summed E-state index contributed by atoms with van der Waals surface area (Å²) in [5, 5.41) is 19.6. The minimum atomic E-state index is -1.27. The zero-order valence-electron chi connectivity index (χ0n) is 11.8. The van der Waals surface area contributed by atoms with Gasteiger partial charge in [0.2, 0.25) is 0 Å². The molecule has 3 rings (SSSR count). The van der Waals surface area contributed by atoms with Crippen molar-refractivity contribution in [1.29, 1.82) is 0 Å². The van der Waals surface area contributed by atoms with E-state index in [0.717, 1.165) is 11.0 Å². The van der Waals surface area contributed by atoms with Crippen LogP contribution in [0.5, 0.6) is 0 Å². The number of fused-ring (bicyclic) bond motifs is 1. The van der Waals surface area contributed by atoms with Crippen LogP contribution in [0.1, 0.15) is 11.1 Å². The highest BCUT2D eigenvalue weighted by atomic mass is 79.9. The van der Waals surface area contributed by atoms with Gasteiger partial charge in [-0.15, -0.1) is 0 Å². The Kier molecular flexibility index (Phi) is 4.08. The van der Waals surface area contributed by atoms with E-state index in [2.05, 4.69) is 15.9 Å². The summed E-state index contributed by atoms with van der Waals surface area (Å²) in [5.74, 6) is -0.717. The maximum atomic E-state index is 14.0. The number of carboxylic acid groups (broad SMARTS) is 1. The molecular formula is C16H12BrClFNO3. The largest absolute Gasteiger partial charge is 0.465 e. The normalized spacial score (nSPS) is 19.7. The second kappa shape index (κ2) is 5.78. The van der Waals surface area contributed by atoms with Crippen molar-refractivity contribution in [3.05, 3.63) is 62.8 Å². The number of hydrogen-bond donors (Lipinski definition) is 2. The minimum Gasteiger partial charge on any atom is -0.465 e. The minimum absolute atomic E-state index is 0.101. The molecule has 1 amide bonds. The van der Waals surface area contributed by atoms with Gasteiger partial charge in [0.25, 0.3) is 0 Å². The molecule has 4 nitrogen and oxygen atoms in total. The van der Waals surface area contributed by atoms with E-state index < -0.39 is 24.1 Å². The third kappa shape index (κ3) is 2.33. The van der Waals surface area contributed by atoms with E-state index in [1.807, 2.05) is 0 Å². The summed E-state index contributed by atoms with van der Waals surface area (Å²) in [6.45, 7) is -0.441. The number of rotatable bonds is 2. The molecule has 0 unspecified atom stereocenters. The maximum Gasteiger partial charge on any atom is 0.412 e. The maximum absolute atomic E-state index is 14.0. The molecule has 2 aromatic carbocycles. The van der Waals surface area contributed by atoms with E-state index in [9.17, 15) is 19.4 Å². The Labute approximate surface area is 145 Å². The smallest absolute Gasteiger partial charge is 0.412 e. The lowest BCUT2D eigenvalue weighted by Gasteiger charge is -2.35. The molecule has 2 aromatic rings. The van der Waals surface area contributed by atoms with Crippen LogP contribution >= 0.6 is 27.5 Å². The van der Waals surface area contributed by atoms with Gasteiger partial charge in [0, 0.05) is 10.9 Å². The van der Waals surface area contributed by atoms with E-state index in [-0.39, 0.29) is 17.1 Å². The summed E-state index contributed by atoms with van der Waals surface area (Å²) in [5.41, 5.74) is 0.153. The quantitative estimate of drug-likeness (QED) is 0.744. The number of anilines is 1. The topological polar surface area (TPSA) is 60.8 Å². The summed E-state index contributed by atoms with van der Waals surface area (Å²) >= 11 is 9.16. The first-order valence-corrected chi connectivity index (χ1v) is 7.95. The molecule has 120 valence electrons. The number of nitrogens with zero attached hydrogens (tertiary/aromatic N) is 1. The molecule has 0 aromatic heterocycles. The second-order valence-electron chi connectivity index (χ2n) is 5.33. The highest BCUT2D eigenvalue weighted by Crippen LogP contribution is 2.49. The van der Waals surface area contributed by atoms with Gasteiger partial charge in [-0.3, -0.25) is 4.90 Å². The Balaban J connectivity index is 2.28. The molecule has 1 heterocycles. The first-order valence-electron chi connectivity index (χ1n) is 6.78. The van der Waals surface area contributed by atoms with Gasteiger partial charge in [-0.05, 0) is 33.1 Å². The van der Waals surface area contributed by atoms with E-state index in [1.165, 1.54) is 0 Å². The van der Waals surface area contributed by atoms with Crippen LogP contribution in [0.2, 0.25) is 5.02 Å². The first-order chi connectivity index (χ1) is 10.9. The Morgan fingerprint density at radius 2 is 2.04 bits per heavy atom. The van der Waals surface area contributed by atoms with Crippen molar-refractivity contribution in [3.63, 3.8) is 0 Å². The molecule has 23 heavy (non-hydrogen) atoms. The molecule has 0 aliphatic carbocycles. The average Bonchev–Trinajstić information content (AvgIpc) is 2.89. The van der Waals surface area contributed by atoms with Crippen LogP contribution in [-0.2, 0) is 12.0 Å². The van der Waals surface area contributed by atoms with Gasteiger partial charge in [-0.2, -0.15) is 0 Å². The number of carbonyl (C=O) groups is 1. The molecule has 1 aliphatic heterocycles. The van der Waals surface area contributed by atoms with Crippen molar-refractivity contribution in [2.24, 2.45) is 0 Å². The summed E-state index contributed by atoms with van der Waals surface area (Å²) in [6.07, 6.45) is -1.08. The van der Waals surface area contributed by atoms with Gasteiger partial charge >= 0.3 is 6.09 Å². The summed E-state index contributed by atoms with van der Waals surface area (Å²) in [6, 6.07) is 9.90. The molecule has 0 saturated carbocycles. The second-order valence-corrected chi connectivity index (χ2v) is 6.51. The Morgan fingerprint density at radius 3 is 2.61 bits per heavy atom. The fourth-order valence-corrected chi connectivity index (χ4v) is 3.77. The summed E-state index contributed by atoms with van der Waals surface area (Å²) < 4.78 is 14.3. The van der Waals surface area contributed by atoms with Crippen molar-refractivity contribution in [2.45, 2.75) is 12.0 Å². The van der Waals surface area contributed by atoms with Gasteiger partial charge in [0.1, 0.15) is 11.4 Å². The predicted molar refractivity (Wildman–Crippen MR) is 88.5 cm³/mol. The van der Waals surface area contributed by atoms with Crippen LogP contribution in [0, 0.1) is 5.82 Å². The molecule has 0 bridgehead atoms. The molecule has 2 N–H and O–H groups in total. The molecule has 7 heteroatoms. The molecule has 1 atom stereocenters. The lowest BCUT2D eigenvalue weighted by atomic mass is 9.87. The number of hydrogen-bond acceptors (Lipinski definition) is 2. The van der Waals surface area contributed by atoms with E-state index in [0.29, 0.717) is 15.6 Å². The third-order valence-corrected chi connectivity index (χ3v) is 5.62. The fourth-order valence-electron chi connectivity index (χ4n) is 3.07. The average molecular weight is 401 g/mol. The summed E-state index contributed by atoms with van der Waals surface area (Å²) in [7, 11) is 0. The van der Waals surface area contributed by atoms with Crippen LogP contribution in [0.25, 0.3) is 0 Å². The zero-order valence-corrected chi connectivity index (χ0v) is 14.1. The lowest BCUT2D eigenvalue weighted by Crippen LogP contribution is -2.49. The zero-order chi connectivity index (χ0) is 16.8. The van der Waals surface area contributed by atoms with Gasteiger partial charge < -0.3 is 10.2 Å². The predicted octanol–water partition coefficient (Wildman–Crippen LogP) is 4.17. The SMILES string of the molecule is O=C(O)N1c2cc(F)c(Cl)c(Br)c2C[C@@]1(CO)c1ccccc1. The van der Waals surface area contributed by atoms with Crippen LogP contribution in [0.15, 0.2) is 40.9 Å². The van der Waals surface area contributed by atoms with Crippen LogP contribution in [-0.4, -0.2) is 22.9 Å². The number of aliphatic hydroxyl groups is 1. The Hall–Kier alpha value is -1.63. The van der Waals surface area contributed by atoms with Crippen LogP contribution in [0.3, 0.4) is 0 Å². The van der Waals surface area contributed by atoms with Gasteiger partial charge in [-0.1, -0.05) is 41.9 Å². The fraction of sp³-hybridized carbons (Fsp3) is 0.188. The van der Waals surface area contributed by atoms with Gasteiger partial charge in [0.15, 0.2) is 0 Å². The van der Waals surface area contributed by atoms with E-state index >= 15 is 0 Å². The highest BCUT2D eigenvalue weighted by molar-refractivity contribution is 9.10. The molecular weight excluding hydrogens is 389 g/mol. The van der Waals surface area contributed by atoms with Crippen molar-refractivity contribution in [2.75, 3.05) is 11.5 Å². The van der Waals surface area contributed by atoms with Crippen LogP contribution in [0.4, 0.5) is 14.9 Å².